The SMILES string of the molecule is CC(C)P(Oc1c[c-]cc(OP(C(C)C)C(C)C)c1)C(C)C.[Pd+][I]. The Kier molecular flexibility index (Phi) is 13.9. The minimum atomic E-state index is -0.483. The van der Waals surface area contributed by atoms with Crippen LogP contribution in [0.3, 0.4) is 0 Å². The summed E-state index contributed by atoms with van der Waals surface area (Å²) in [6.45, 7) is 17.8. The maximum atomic E-state index is 6.24. The van der Waals surface area contributed by atoms with Gasteiger partial charge in [-0.3, -0.25) is 0 Å². The van der Waals surface area contributed by atoms with Crippen molar-refractivity contribution in [1.82, 2.24) is 0 Å². The molecular formula is C18H31IO2P2Pd. The van der Waals surface area contributed by atoms with E-state index in [-0.39, 0.29) is 0 Å². The molecule has 0 aliphatic heterocycles. The van der Waals surface area contributed by atoms with E-state index >= 15 is 0 Å². The fourth-order valence-corrected chi connectivity index (χ4v) is 6.32. The van der Waals surface area contributed by atoms with Crippen LogP contribution < -0.4 is 9.05 Å². The molecule has 2 nitrogen and oxygen atoms in total. The van der Waals surface area contributed by atoms with E-state index in [0.717, 1.165) is 11.5 Å². The summed E-state index contributed by atoms with van der Waals surface area (Å²) in [5.41, 5.74) is 2.18. The molecule has 142 valence electrons. The second-order valence-corrected chi connectivity index (χ2v) is 12.6. The standard InChI is InChI=1S/C18H31O2P2.HI.Pd/c1-13(2)21(14(3)4)19-17-10-9-11-18(12-17)20-22(15(5)6)16(7)8;;/h10-16H,1-8H3;1H;/q-1;;+2/p-1. The maximum absolute atomic E-state index is 6.24. The Morgan fingerprint density at radius 3 is 1.29 bits per heavy atom. The summed E-state index contributed by atoms with van der Waals surface area (Å²) in [4.78, 5) is 0. The van der Waals surface area contributed by atoms with Gasteiger partial charge in [0.2, 0.25) is 0 Å². The summed E-state index contributed by atoms with van der Waals surface area (Å²) in [6.07, 6.45) is 0. The van der Waals surface area contributed by atoms with Crippen molar-refractivity contribution in [2.45, 2.75) is 78.0 Å². The van der Waals surface area contributed by atoms with Crippen LogP contribution in [0.15, 0.2) is 18.2 Å². The average molecular weight is 575 g/mol. The van der Waals surface area contributed by atoms with E-state index in [1.165, 1.54) is 0 Å². The van der Waals surface area contributed by atoms with E-state index in [4.69, 9.17) is 9.05 Å². The molecule has 0 aliphatic carbocycles. The molecular weight excluding hydrogens is 543 g/mol. The Morgan fingerprint density at radius 1 is 0.750 bits per heavy atom. The predicted molar refractivity (Wildman–Crippen MR) is 115 cm³/mol. The van der Waals surface area contributed by atoms with Gasteiger partial charge in [0.1, 0.15) is 0 Å². The van der Waals surface area contributed by atoms with Crippen LogP contribution in [-0.2, 0) is 15.6 Å². The van der Waals surface area contributed by atoms with Crippen LogP contribution in [0.4, 0.5) is 0 Å². The average Bonchev–Trinajstić information content (AvgIpc) is 2.51. The zero-order valence-corrected chi connectivity index (χ0v) is 21.4. The molecule has 0 radical (unpaired) electrons. The molecule has 0 aliphatic rings. The molecule has 0 bridgehead atoms. The van der Waals surface area contributed by atoms with Gasteiger partial charge in [-0.05, 0) is 0 Å². The van der Waals surface area contributed by atoms with Crippen molar-refractivity contribution in [2.75, 3.05) is 0 Å². The normalized spacial score (nSPS) is 11.5. The van der Waals surface area contributed by atoms with Crippen molar-refractivity contribution < 1.29 is 24.6 Å². The van der Waals surface area contributed by atoms with E-state index < -0.39 is 16.3 Å². The minimum absolute atomic E-state index is 0.483. The fourth-order valence-electron chi connectivity index (χ4n) is 2.39. The quantitative estimate of drug-likeness (QED) is 0.138. The summed E-state index contributed by atoms with van der Waals surface area (Å²) in [6, 6.07) is 9.02. The van der Waals surface area contributed by atoms with E-state index in [0.29, 0.717) is 22.6 Å². The first kappa shape index (κ1) is 25.1. The van der Waals surface area contributed by atoms with Crippen LogP contribution in [0.25, 0.3) is 0 Å². The zero-order valence-electron chi connectivity index (χ0n) is 15.9. The van der Waals surface area contributed by atoms with Crippen LogP contribution >= 0.6 is 35.8 Å². The van der Waals surface area contributed by atoms with Gasteiger partial charge in [-0.2, -0.15) is 6.07 Å². The van der Waals surface area contributed by atoms with Gasteiger partial charge < -0.3 is 9.05 Å². The number of halogens is 1. The predicted octanol–water partition coefficient (Wildman–Crippen LogP) is 7.55. The van der Waals surface area contributed by atoms with Gasteiger partial charge in [0.25, 0.3) is 0 Å². The Labute approximate surface area is 173 Å². The van der Waals surface area contributed by atoms with Gasteiger partial charge >= 0.3 is 35.1 Å². The Bertz CT molecular complexity index is 403. The molecule has 0 saturated carbocycles. The van der Waals surface area contributed by atoms with Crippen LogP contribution in [-0.4, -0.2) is 22.6 Å². The fraction of sp³-hybridized carbons (Fsp3) is 0.667. The van der Waals surface area contributed by atoms with Crippen molar-refractivity contribution in [2.24, 2.45) is 0 Å². The van der Waals surface area contributed by atoms with E-state index in [2.05, 4.69) is 77.0 Å². The molecule has 1 aromatic carbocycles. The van der Waals surface area contributed by atoms with Crippen molar-refractivity contribution in [3.8, 4) is 11.5 Å². The first-order valence-corrected chi connectivity index (χ1v) is 15.7. The molecule has 0 saturated heterocycles. The molecule has 0 spiro atoms. The van der Waals surface area contributed by atoms with Crippen molar-refractivity contribution >= 4 is 35.8 Å². The van der Waals surface area contributed by atoms with E-state index in [1.807, 2.05) is 37.7 Å². The Hall–Kier alpha value is 1.07. The topological polar surface area (TPSA) is 18.5 Å². The summed E-state index contributed by atoms with van der Waals surface area (Å²) in [5, 5.41) is 0. The molecule has 0 aromatic heterocycles. The van der Waals surface area contributed by atoms with Gasteiger partial charge in [0, 0.05) is 34.1 Å². The molecule has 0 N–H and O–H groups in total. The Morgan fingerprint density at radius 2 is 1.04 bits per heavy atom. The second kappa shape index (κ2) is 13.3. The number of rotatable bonds is 8. The van der Waals surface area contributed by atoms with Gasteiger partial charge in [-0.1, -0.05) is 61.5 Å². The number of hydrogen-bond acceptors (Lipinski definition) is 2. The van der Waals surface area contributed by atoms with Crippen LogP contribution in [0.1, 0.15) is 55.4 Å². The zero-order chi connectivity index (χ0) is 18.9. The van der Waals surface area contributed by atoms with Gasteiger partial charge in [-0.15, -0.1) is 12.1 Å². The summed E-state index contributed by atoms with van der Waals surface area (Å²) in [7, 11) is -0.966. The second-order valence-electron chi connectivity index (χ2n) is 6.68. The third-order valence-corrected chi connectivity index (χ3v) is 8.11. The number of benzene rings is 1. The van der Waals surface area contributed by atoms with Crippen LogP contribution in [0, 0.1) is 6.07 Å². The number of hydrogen-bond donors (Lipinski definition) is 0. The summed E-state index contributed by atoms with van der Waals surface area (Å²) >= 11 is 4.72. The molecule has 0 heterocycles. The Balaban J connectivity index is 0.00000254. The molecule has 0 atom stereocenters. The molecule has 6 heteroatoms. The molecule has 24 heavy (non-hydrogen) atoms. The van der Waals surface area contributed by atoms with E-state index in [9.17, 15) is 0 Å². The monoisotopic (exact) mass is 574 g/mol. The third kappa shape index (κ3) is 9.14. The van der Waals surface area contributed by atoms with Crippen molar-refractivity contribution in [3.05, 3.63) is 24.3 Å². The molecule has 0 fully saturated rings. The molecule has 1 rings (SSSR count). The third-order valence-electron chi connectivity index (χ3n) is 3.19. The summed E-state index contributed by atoms with van der Waals surface area (Å²) in [5.74, 6) is 1.77. The van der Waals surface area contributed by atoms with Crippen molar-refractivity contribution in [3.63, 3.8) is 0 Å². The van der Waals surface area contributed by atoms with Gasteiger partial charge in [0.15, 0.2) is 0 Å². The van der Waals surface area contributed by atoms with Gasteiger partial charge in [-0.25, -0.2) is 0 Å². The first-order chi connectivity index (χ1) is 11.2. The van der Waals surface area contributed by atoms with Crippen LogP contribution in [0.2, 0.25) is 0 Å². The van der Waals surface area contributed by atoms with E-state index in [1.54, 1.807) is 0 Å². The molecule has 0 amide bonds. The van der Waals surface area contributed by atoms with Gasteiger partial charge in [0.05, 0.1) is 16.3 Å². The molecule has 0 unspecified atom stereocenters. The molecule has 1 aromatic rings. The first-order valence-electron chi connectivity index (χ1n) is 8.28. The summed E-state index contributed by atoms with van der Waals surface area (Å²) < 4.78 is 12.5. The van der Waals surface area contributed by atoms with Crippen LogP contribution in [0.5, 0.6) is 11.5 Å². The van der Waals surface area contributed by atoms with Crippen molar-refractivity contribution in [1.29, 1.82) is 0 Å².